The van der Waals surface area contributed by atoms with E-state index < -0.39 is 0 Å². The van der Waals surface area contributed by atoms with Gasteiger partial charge in [0.05, 0.1) is 12.7 Å². The normalized spacial score (nSPS) is 25.0. The molecule has 3 heteroatoms. The molecule has 1 saturated heterocycles. The van der Waals surface area contributed by atoms with Crippen molar-refractivity contribution in [2.75, 3.05) is 26.7 Å². The fraction of sp³-hybridized carbons (Fsp3) is 0.667. The second-order valence-corrected chi connectivity index (χ2v) is 6.10. The molecule has 0 radical (unpaired) electrons. The second kappa shape index (κ2) is 7.92. The zero-order valence-electron chi connectivity index (χ0n) is 13.9. The molecule has 1 N–H and O–H groups in total. The van der Waals surface area contributed by atoms with E-state index in [1.807, 2.05) is 0 Å². The number of hydrogen-bond donors (Lipinski definition) is 1. The van der Waals surface area contributed by atoms with Crippen LogP contribution in [0.5, 0.6) is 0 Å². The SMILES string of the molecule is CCc1ccc(C(CN2CC(C)OCC2CC)NC)cc1. The van der Waals surface area contributed by atoms with Crippen molar-refractivity contribution in [2.24, 2.45) is 0 Å². The van der Waals surface area contributed by atoms with Crippen LogP contribution in [0, 0.1) is 0 Å². The smallest absolute Gasteiger partial charge is 0.0674 e. The van der Waals surface area contributed by atoms with Crippen molar-refractivity contribution < 1.29 is 4.74 Å². The maximum atomic E-state index is 5.80. The Kier molecular flexibility index (Phi) is 6.22. The molecule has 21 heavy (non-hydrogen) atoms. The van der Waals surface area contributed by atoms with Gasteiger partial charge in [-0.25, -0.2) is 0 Å². The van der Waals surface area contributed by atoms with Crippen LogP contribution in [0.25, 0.3) is 0 Å². The Morgan fingerprint density at radius 2 is 2.00 bits per heavy atom. The van der Waals surface area contributed by atoms with E-state index in [1.54, 1.807) is 0 Å². The number of nitrogens with one attached hydrogen (secondary N) is 1. The van der Waals surface area contributed by atoms with Crippen LogP contribution in [-0.2, 0) is 11.2 Å². The highest BCUT2D eigenvalue weighted by atomic mass is 16.5. The standard InChI is InChI=1S/C18H30N2O/c1-5-15-7-9-16(10-8-15)18(19-4)12-20-11-14(3)21-13-17(20)6-2/h7-10,14,17-19H,5-6,11-13H2,1-4H3. The monoisotopic (exact) mass is 290 g/mol. The maximum absolute atomic E-state index is 5.80. The summed E-state index contributed by atoms with van der Waals surface area (Å²) in [6, 6.07) is 9.97. The second-order valence-electron chi connectivity index (χ2n) is 6.10. The Labute approximate surface area is 129 Å². The summed E-state index contributed by atoms with van der Waals surface area (Å²) in [6.07, 6.45) is 2.59. The number of aryl methyl sites for hydroxylation is 1. The Morgan fingerprint density at radius 3 is 2.57 bits per heavy atom. The average Bonchev–Trinajstić information content (AvgIpc) is 2.53. The van der Waals surface area contributed by atoms with Gasteiger partial charge in [-0.1, -0.05) is 38.1 Å². The number of hydrogen-bond acceptors (Lipinski definition) is 3. The van der Waals surface area contributed by atoms with Crippen LogP contribution in [0.3, 0.4) is 0 Å². The molecule has 1 heterocycles. The van der Waals surface area contributed by atoms with Crippen LogP contribution in [-0.4, -0.2) is 43.8 Å². The highest BCUT2D eigenvalue weighted by molar-refractivity contribution is 5.25. The van der Waals surface area contributed by atoms with Crippen LogP contribution in [0.4, 0.5) is 0 Å². The van der Waals surface area contributed by atoms with Gasteiger partial charge >= 0.3 is 0 Å². The molecule has 118 valence electrons. The van der Waals surface area contributed by atoms with Gasteiger partial charge in [0.15, 0.2) is 0 Å². The first-order valence-corrected chi connectivity index (χ1v) is 8.29. The minimum absolute atomic E-state index is 0.341. The minimum Gasteiger partial charge on any atom is -0.376 e. The summed E-state index contributed by atoms with van der Waals surface area (Å²) >= 11 is 0. The van der Waals surface area contributed by atoms with Crippen LogP contribution in [0.2, 0.25) is 0 Å². The van der Waals surface area contributed by atoms with Crippen molar-refractivity contribution in [3.63, 3.8) is 0 Å². The molecule has 3 unspecified atom stereocenters. The molecule has 0 saturated carbocycles. The Hall–Kier alpha value is -0.900. The van der Waals surface area contributed by atoms with Crippen LogP contribution < -0.4 is 5.32 Å². The van der Waals surface area contributed by atoms with Gasteiger partial charge in [0.1, 0.15) is 0 Å². The number of nitrogens with zero attached hydrogens (tertiary/aromatic N) is 1. The summed E-state index contributed by atoms with van der Waals surface area (Å²) in [5.41, 5.74) is 2.78. The summed E-state index contributed by atoms with van der Waals surface area (Å²) in [5.74, 6) is 0. The summed E-state index contributed by atoms with van der Waals surface area (Å²) in [4.78, 5) is 2.59. The third kappa shape index (κ3) is 4.29. The zero-order chi connectivity index (χ0) is 15.2. The van der Waals surface area contributed by atoms with Crippen LogP contribution >= 0.6 is 0 Å². The molecular weight excluding hydrogens is 260 g/mol. The molecule has 1 fully saturated rings. The van der Waals surface area contributed by atoms with Gasteiger partial charge in [-0.15, -0.1) is 0 Å². The molecular formula is C18H30N2O. The molecule has 1 aromatic rings. The average molecular weight is 290 g/mol. The summed E-state index contributed by atoms with van der Waals surface area (Å²) < 4.78 is 5.80. The summed E-state index contributed by atoms with van der Waals surface area (Å²) in [7, 11) is 2.06. The van der Waals surface area contributed by atoms with Gasteiger partial charge in [-0.2, -0.15) is 0 Å². The number of rotatable bonds is 6. The Bertz CT molecular complexity index is 418. The fourth-order valence-corrected chi connectivity index (χ4v) is 3.10. The van der Waals surface area contributed by atoms with Gasteiger partial charge in [0, 0.05) is 25.2 Å². The van der Waals surface area contributed by atoms with Gasteiger partial charge in [0.2, 0.25) is 0 Å². The molecule has 1 aliphatic heterocycles. The lowest BCUT2D eigenvalue weighted by Gasteiger charge is -2.40. The van der Waals surface area contributed by atoms with E-state index in [-0.39, 0.29) is 0 Å². The number of benzene rings is 1. The summed E-state index contributed by atoms with van der Waals surface area (Å²) in [5, 5.41) is 3.48. The third-order valence-corrected chi connectivity index (χ3v) is 4.61. The Morgan fingerprint density at radius 1 is 1.29 bits per heavy atom. The minimum atomic E-state index is 0.341. The molecule has 3 nitrogen and oxygen atoms in total. The van der Waals surface area contributed by atoms with E-state index in [1.165, 1.54) is 11.1 Å². The zero-order valence-corrected chi connectivity index (χ0v) is 13.9. The van der Waals surface area contributed by atoms with Crippen molar-refractivity contribution in [1.29, 1.82) is 0 Å². The van der Waals surface area contributed by atoms with Crippen molar-refractivity contribution in [3.05, 3.63) is 35.4 Å². The molecule has 0 amide bonds. The quantitative estimate of drug-likeness (QED) is 0.871. The Balaban J connectivity index is 2.05. The molecule has 1 aromatic carbocycles. The molecule has 2 rings (SSSR count). The van der Waals surface area contributed by atoms with E-state index in [2.05, 4.69) is 62.3 Å². The van der Waals surface area contributed by atoms with E-state index >= 15 is 0 Å². The van der Waals surface area contributed by atoms with E-state index in [0.717, 1.165) is 32.5 Å². The van der Waals surface area contributed by atoms with Gasteiger partial charge in [0.25, 0.3) is 0 Å². The van der Waals surface area contributed by atoms with Crippen molar-refractivity contribution in [1.82, 2.24) is 10.2 Å². The van der Waals surface area contributed by atoms with Crippen molar-refractivity contribution in [3.8, 4) is 0 Å². The predicted molar refractivity (Wildman–Crippen MR) is 88.7 cm³/mol. The predicted octanol–water partition coefficient (Wildman–Crippen LogP) is 3.01. The van der Waals surface area contributed by atoms with Crippen molar-refractivity contribution in [2.45, 2.75) is 51.8 Å². The first-order valence-electron chi connectivity index (χ1n) is 8.29. The molecule has 0 aromatic heterocycles. The largest absolute Gasteiger partial charge is 0.376 e. The highest BCUT2D eigenvalue weighted by Gasteiger charge is 2.27. The van der Waals surface area contributed by atoms with Gasteiger partial charge in [-0.3, -0.25) is 4.90 Å². The maximum Gasteiger partial charge on any atom is 0.0674 e. The third-order valence-electron chi connectivity index (χ3n) is 4.61. The summed E-state index contributed by atoms with van der Waals surface area (Å²) in [6.45, 7) is 9.57. The first kappa shape index (κ1) is 16.5. The van der Waals surface area contributed by atoms with E-state index in [9.17, 15) is 0 Å². The number of ether oxygens (including phenoxy) is 1. The van der Waals surface area contributed by atoms with E-state index in [0.29, 0.717) is 18.2 Å². The van der Waals surface area contributed by atoms with Gasteiger partial charge < -0.3 is 10.1 Å². The van der Waals surface area contributed by atoms with Crippen LogP contribution in [0.1, 0.15) is 44.4 Å². The topological polar surface area (TPSA) is 24.5 Å². The molecule has 0 spiro atoms. The molecule has 0 aliphatic carbocycles. The lowest BCUT2D eigenvalue weighted by atomic mass is 10.0. The van der Waals surface area contributed by atoms with Gasteiger partial charge in [-0.05, 0) is 37.9 Å². The van der Waals surface area contributed by atoms with Crippen LogP contribution in [0.15, 0.2) is 24.3 Å². The highest BCUT2D eigenvalue weighted by Crippen LogP contribution is 2.21. The lowest BCUT2D eigenvalue weighted by molar-refractivity contribution is -0.0584. The van der Waals surface area contributed by atoms with E-state index in [4.69, 9.17) is 4.74 Å². The fourth-order valence-electron chi connectivity index (χ4n) is 3.10. The number of likely N-dealkylation sites (N-methyl/N-ethyl adjacent to an activating group) is 1. The van der Waals surface area contributed by atoms with Crippen molar-refractivity contribution >= 4 is 0 Å². The molecule has 3 atom stereocenters. The first-order chi connectivity index (χ1) is 10.2. The lowest BCUT2D eigenvalue weighted by Crippen LogP contribution is -2.50. The molecule has 0 bridgehead atoms. The number of morpholine rings is 1. The molecule has 1 aliphatic rings.